The third-order valence-electron chi connectivity index (χ3n) is 5.57. The number of hydrogen-bond donors (Lipinski definition) is 2. The van der Waals surface area contributed by atoms with Gasteiger partial charge in [-0.25, -0.2) is 15.0 Å². The molecule has 2 aromatic rings. The molecule has 2 aliphatic rings. The van der Waals surface area contributed by atoms with Gasteiger partial charge < -0.3 is 15.0 Å². The molecule has 4 heterocycles. The Morgan fingerprint density at radius 2 is 2.11 bits per heavy atom. The van der Waals surface area contributed by atoms with E-state index in [9.17, 15) is 4.79 Å². The molecule has 1 atom stereocenters. The van der Waals surface area contributed by atoms with Gasteiger partial charge in [0.15, 0.2) is 0 Å². The predicted octanol–water partition coefficient (Wildman–Crippen LogP) is 2.36. The van der Waals surface area contributed by atoms with Crippen molar-refractivity contribution in [2.24, 2.45) is 5.92 Å². The average Bonchev–Trinajstić information content (AvgIpc) is 3.20. The van der Waals surface area contributed by atoms with Crippen molar-refractivity contribution in [2.75, 3.05) is 36.5 Å². The van der Waals surface area contributed by atoms with E-state index >= 15 is 0 Å². The summed E-state index contributed by atoms with van der Waals surface area (Å²) in [6.07, 6.45) is 6.39. The molecule has 8 heteroatoms. The van der Waals surface area contributed by atoms with Gasteiger partial charge in [-0.15, -0.1) is 0 Å². The van der Waals surface area contributed by atoms with Gasteiger partial charge in [0.25, 0.3) is 5.56 Å². The second kappa shape index (κ2) is 8.26. The van der Waals surface area contributed by atoms with Crippen LogP contribution in [0.1, 0.15) is 38.3 Å². The minimum Gasteiger partial charge on any atom is -0.376 e. The minimum atomic E-state index is -0.201. The molecule has 2 aromatic heterocycles. The zero-order chi connectivity index (χ0) is 19.5. The van der Waals surface area contributed by atoms with Crippen LogP contribution < -0.4 is 15.8 Å². The summed E-state index contributed by atoms with van der Waals surface area (Å²) in [5, 5.41) is 3.18. The van der Waals surface area contributed by atoms with Gasteiger partial charge in [0.05, 0.1) is 17.5 Å². The summed E-state index contributed by atoms with van der Waals surface area (Å²) in [5.41, 5.74) is 1.98. The smallest absolute Gasteiger partial charge is 0.252 e. The molecule has 1 unspecified atom stereocenters. The number of nitrogens with one attached hydrogen (secondary N) is 2. The van der Waals surface area contributed by atoms with E-state index in [2.05, 4.69) is 37.1 Å². The summed E-state index contributed by atoms with van der Waals surface area (Å²) in [6, 6.07) is 1.49. The highest BCUT2D eigenvalue weighted by Gasteiger charge is 2.19. The van der Waals surface area contributed by atoms with Crippen molar-refractivity contribution in [3.8, 4) is 11.3 Å². The maximum atomic E-state index is 12.1. The molecule has 0 amide bonds. The van der Waals surface area contributed by atoms with Crippen LogP contribution >= 0.6 is 0 Å². The molecule has 2 aliphatic heterocycles. The van der Waals surface area contributed by atoms with Gasteiger partial charge in [0, 0.05) is 44.1 Å². The highest BCUT2D eigenvalue weighted by molar-refractivity contribution is 5.62. The minimum absolute atomic E-state index is 0.172. The lowest BCUT2D eigenvalue weighted by Crippen LogP contribution is -2.34. The molecular formula is C20H28N6O2. The third-order valence-corrected chi connectivity index (χ3v) is 5.57. The van der Waals surface area contributed by atoms with E-state index < -0.39 is 0 Å². The molecule has 2 saturated heterocycles. The van der Waals surface area contributed by atoms with Crippen LogP contribution in [0.2, 0.25) is 0 Å². The van der Waals surface area contributed by atoms with Crippen molar-refractivity contribution < 1.29 is 4.74 Å². The molecular weight excluding hydrogens is 356 g/mol. The maximum Gasteiger partial charge on any atom is 0.252 e. The van der Waals surface area contributed by atoms with E-state index in [-0.39, 0.29) is 11.7 Å². The maximum absolute atomic E-state index is 12.1. The lowest BCUT2D eigenvalue weighted by atomic mass is 10.00. The van der Waals surface area contributed by atoms with Crippen molar-refractivity contribution in [3.63, 3.8) is 0 Å². The number of aryl methyl sites for hydroxylation is 1. The summed E-state index contributed by atoms with van der Waals surface area (Å²) >= 11 is 0. The number of H-pyrrole nitrogens is 1. The summed E-state index contributed by atoms with van der Waals surface area (Å²) in [7, 11) is 0. The van der Waals surface area contributed by atoms with Crippen LogP contribution in [0.15, 0.2) is 17.1 Å². The van der Waals surface area contributed by atoms with Crippen molar-refractivity contribution in [1.29, 1.82) is 0 Å². The Morgan fingerprint density at radius 1 is 1.29 bits per heavy atom. The number of nitrogens with zero attached hydrogens (tertiary/aromatic N) is 4. The molecule has 4 rings (SSSR count). The normalized spacial score (nSPS) is 20.5. The first-order chi connectivity index (χ1) is 13.6. The summed E-state index contributed by atoms with van der Waals surface area (Å²) < 4.78 is 5.61. The quantitative estimate of drug-likeness (QED) is 0.817. The number of ether oxygens (including phenoxy) is 1. The van der Waals surface area contributed by atoms with E-state index in [0.29, 0.717) is 18.2 Å². The van der Waals surface area contributed by atoms with E-state index in [1.54, 1.807) is 6.20 Å². The SMILES string of the molecule is Cc1nc(N2CCC(C)CC2)ncc1-c1cc(=O)[nH]c(NCC2CCCO2)n1. The second-order valence-corrected chi connectivity index (χ2v) is 7.83. The fourth-order valence-electron chi connectivity index (χ4n) is 3.76. The number of aromatic nitrogens is 4. The molecule has 0 radical (unpaired) electrons. The van der Waals surface area contributed by atoms with Crippen LogP contribution in [0.3, 0.4) is 0 Å². The van der Waals surface area contributed by atoms with Gasteiger partial charge in [-0.3, -0.25) is 9.78 Å². The molecule has 2 N–H and O–H groups in total. The molecule has 2 fully saturated rings. The molecule has 150 valence electrons. The van der Waals surface area contributed by atoms with Gasteiger partial charge in [-0.05, 0) is 38.5 Å². The second-order valence-electron chi connectivity index (χ2n) is 7.83. The van der Waals surface area contributed by atoms with Gasteiger partial charge >= 0.3 is 0 Å². The van der Waals surface area contributed by atoms with Crippen LogP contribution in [0.25, 0.3) is 11.3 Å². The zero-order valence-electron chi connectivity index (χ0n) is 16.6. The Hall–Kier alpha value is -2.48. The fraction of sp³-hybridized carbons (Fsp3) is 0.600. The van der Waals surface area contributed by atoms with E-state index in [1.807, 2.05) is 6.92 Å². The summed E-state index contributed by atoms with van der Waals surface area (Å²) in [4.78, 5) is 30.9. The van der Waals surface area contributed by atoms with Crippen LogP contribution in [-0.4, -0.2) is 52.3 Å². The first-order valence-electron chi connectivity index (χ1n) is 10.1. The predicted molar refractivity (Wildman–Crippen MR) is 109 cm³/mol. The van der Waals surface area contributed by atoms with Crippen LogP contribution in [0, 0.1) is 12.8 Å². The van der Waals surface area contributed by atoms with Crippen molar-refractivity contribution in [3.05, 3.63) is 28.3 Å². The van der Waals surface area contributed by atoms with Crippen molar-refractivity contribution in [1.82, 2.24) is 19.9 Å². The van der Waals surface area contributed by atoms with Gasteiger partial charge in [-0.1, -0.05) is 6.92 Å². The highest BCUT2D eigenvalue weighted by Crippen LogP contribution is 2.24. The standard InChI is InChI=1S/C20H28N6O2/c1-13-5-7-26(8-6-13)20-22-12-16(14(2)23-20)17-10-18(27)25-19(24-17)21-11-15-4-3-9-28-15/h10,12-13,15H,3-9,11H2,1-2H3,(H2,21,24,25,27). The fourth-order valence-corrected chi connectivity index (χ4v) is 3.76. The van der Waals surface area contributed by atoms with Crippen molar-refractivity contribution in [2.45, 2.75) is 45.6 Å². The first-order valence-corrected chi connectivity index (χ1v) is 10.1. The monoisotopic (exact) mass is 384 g/mol. The first kappa shape index (κ1) is 18.9. The molecule has 0 bridgehead atoms. The van der Waals surface area contributed by atoms with E-state index in [4.69, 9.17) is 4.74 Å². The Labute approximate surface area is 164 Å². The molecule has 28 heavy (non-hydrogen) atoms. The number of hydrogen-bond acceptors (Lipinski definition) is 7. The van der Waals surface area contributed by atoms with E-state index in [0.717, 1.165) is 55.7 Å². The lowest BCUT2D eigenvalue weighted by Gasteiger charge is -2.30. The number of aromatic amines is 1. The topological polar surface area (TPSA) is 96.0 Å². The van der Waals surface area contributed by atoms with Gasteiger partial charge in [0.1, 0.15) is 0 Å². The molecule has 0 saturated carbocycles. The third kappa shape index (κ3) is 4.32. The van der Waals surface area contributed by atoms with E-state index in [1.165, 1.54) is 18.9 Å². The largest absolute Gasteiger partial charge is 0.376 e. The number of rotatable bonds is 5. The Bertz CT molecular complexity index is 869. The van der Waals surface area contributed by atoms with Gasteiger partial charge in [-0.2, -0.15) is 0 Å². The molecule has 0 aromatic carbocycles. The highest BCUT2D eigenvalue weighted by atomic mass is 16.5. The average molecular weight is 384 g/mol. The molecule has 0 aliphatic carbocycles. The molecule has 8 nitrogen and oxygen atoms in total. The Morgan fingerprint density at radius 3 is 2.82 bits per heavy atom. The zero-order valence-corrected chi connectivity index (χ0v) is 16.6. The number of anilines is 2. The van der Waals surface area contributed by atoms with Crippen LogP contribution in [0.5, 0.6) is 0 Å². The number of piperidine rings is 1. The summed E-state index contributed by atoms with van der Waals surface area (Å²) in [5.74, 6) is 1.97. The summed E-state index contributed by atoms with van der Waals surface area (Å²) in [6.45, 7) is 7.63. The Kier molecular flexibility index (Phi) is 5.57. The molecule has 0 spiro atoms. The lowest BCUT2D eigenvalue weighted by molar-refractivity contribution is 0.120. The van der Waals surface area contributed by atoms with Crippen molar-refractivity contribution >= 4 is 11.9 Å². The van der Waals surface area contributed by atoms with Crippen LogP contribution in [-0.2, 0) is 4.74 Å². The van der Waals surface area contributed by atoms with Crippen LogP contribution in [0.4, 0.5) is 11.9 Å². The van der Waals surface area contributed by atoms with Gasteiger partial charge in [0.2, 0.25) is 11.9 Å². The Balaban J connectivity index is 1.52.